The Hall–Kier alpha value is -2.26. The number of carboxylic acids is 1. The zero-order valence-corrected chi connectivity index (χ0v) is 12.5. The van der Waals surface area contributed by atoms with Gasteiger partial charge in [-0.2, -0.15) is 0 Å². The van der Waals surface area contributed by atoms with Crippen molar-refractivity contribution in [3.05, 3.63) is 29.8 Å². The SMILES string of the molecule is [NH3+][C@@H](CS/C(Cc1ccc(O)cc1)=N\O)C(=O)NCC(=O)[O-]. The molecule has 0 heterocycles. The van der Waals surface area contributed by atoms with Crippen molar-refractivity contribution in [2.45, 2.75) is 12.5 Å². The van der Waals surface area contributed by atoms with Gasteiger partial charge in [-0.25, -0.2) is 0 Å². The minimum absolute atomic E-state index is 0.140. The second-order valence-corrected chi connectivity index (χ2v) is 5.53. The first-order valence-corrected chi connectivity index (χ1v) is 7.33. The van der Waals surface area contributed by atoms with E-state index in [0.29, 0.717) is 11.5 Å². The van der Waals surface area contributed by atoms with Crippen LogP contribution >= 0.6 is 11.8 Å². The Kier molecular flexibility index (Phi) is 7.20. The number of nitrogens with zero attached hydrogens (tertiary/aromatic N) is 1. The molecule has 0 aliphatic rings. The number of thioether (sulfide) groups is 1. The van der Waals surface area contributed by atoms with Crippen LogP contribution in [0, 0.1) is 0 Å². The molecule has 0 radical (unpaired) electrons. The highest BCUT2D eigenvalue weighted by molar-refractivity contribution is 8.14. The molecule has 9 heteroatoms. The van der Waals surface area contributed by atoms with Crippen LogP contribution in [-0.2, 0) is 16.0 Å². The van der Waals surface area contributed by atoms with Crippen molar-refractivity contribution >= 4 is 28.7 Å². The Morgan fingerprint density at radius 2 is 2.00 bits per heavy atom. The van der Waals surface area contributed by atoms with Crippen LogP contribution in [0.15, 0.2) is 29.4 Å². The van der Waals surface area contributed by atoms with Gasteiger partial charge in [0.05, 0.1) is 18.3 Å². The van der Waals surface area contributed by atoms with Crippen molar-refractivity contribution in [1.82, 2.24) is 5.32 Å². The molecule has 1 aromatic rings. The molecule has 0 spiro atoms. The van der Waals surface area contributed by atoms with Crippen molar-refractivity contribution in [2.75, 3.05) is 12.3 Å². The van der Waals surface area contributed by atoms with Crippen molar-refractivity contribution < 1.29 is 30.7 Å². The first-order chi connectivity index (χ1) is 10.4. The van der Waals surface area contributed by atoms with Gasteiger partial charge in [0.2, 0.25) is 0 Å². The van der Waals surface area contributed by atoms with Crippen LogP contribution in [0.3, 0.4) is 0 Å². The van der Waals surface area contributed by atoms with E-state index in [0.717, 1.165) is 17.3 Å². The summed E-state index contributed by atoms with van der Waals surface area (Å²) in [5.74, 6) is -1.52. The number of hydrogen-bond donors (Lipinski definition) is 4. The summed E-state index contributed by atoms with van der Waals surface area (Å²) in [5, 5.41) is 34.1. The molecule has 22 heavy (non-hydrogen) atoms. The van der Waals surface area contributed by atoms with Gasteiger partial charge in [-0.1, -0.05) is 17.3 Å². The standard InChI is InChI=1S/C13H17N3O5S/c14-10(13(20)15-6-12(18)19)7-22-11(16-21)5-8-1-3-9(17)4-2-8/h1-4,10,17,21H,5-7,14H2,(H,15,20)(H,18,19)/b16-11-/t10-/m0/s1. The molecule has 0 unspecified atom stereocenters. The van der Waals surface area contributed by atoms with Crippen LogP contribution in [0.25, 0.3) is 0 Å². The molecular formula is C13H17N3O5S. The number of benzene rings is 1. The van der Waals surface area contributed by atoms with E-state index in [1.54, 1.807) is 12.1 Å². The molecule has 120 valence electrons. The maximum atomic E-state index is 11.5. The van der Waals surface area contributed by atoms with Crippen LogP contribution in [0.1, 0.15) is 5.56 Å². The molecule has 1 aromatic carbocycles. The fourth-order valence-corrected chi connectivity index (χ4v) is 2.35. The lowest BCUT2D eigenvalue weighted by molar-refractivity contribution is -0.396. The lowest BCUT2D eigenvalue weighted by Gasteiger charge is -2.10. The summed E-state index contributed by atoms with van der Waals surface area (Å²) in [6.45, 7) is -0.566. The average Bonchev–Trinajstić information content (AvgIpc) is 2.50. The molecule has 0 saturated carbocycles. The number of phenolic OH excluding ortho intramolecular Hbond substituents is 1. The van der Waals surface area contributed by atoms with E-state index in [4.69, 9.17) is 5.21 Å². The Bertz CT molecular complexity index is 547. The van der Waals surface area contributed by atoms with E-state index in [2.05, 4.69) is 16.2 Å². The quantitative estimate of drug-likeness (QED) is 0.196. The molecule has 0 saturated heterocycles. The second kappa shape index (κ2) is 8.90. The summed E-state index contributed by atoms with van der Waals surface area (Å²) in [6.07, 6.45) is 0.342. The number of carbonyl (C=O) groups excluding carboxylic acids is 2. The maximum absolute atomic E-state index is 11.5. The highest BCUT2D eigenvalue weighted by atomic mass is 32.2. The topological polar surface area (TPSA) is 150 Å². The van der Waals surface area contributed by atoms with Gasteiger partial charge in [-0.15, -0.1) is 11.8 Å². The Balaban J connectivity index is 2.45. The third kappa shape index (κ3) is 6.46. The highest BCUT2D eigenvalue weighted by Crippen LogP contribution is 2.14. The number of carboxylic acid groups (broad SMARTS) is 1. The van der Waals surface area contributed by atoms with Crippen LogP contribution in [-0.4, -0.2) is 45.6 Å². The number of amides is 1. The van der Waals surface area contributed by atoms with Crippen LogP contribution in [0.5, 0.6) is 5.75 Å². The third-order valence-corrected chi connectivity index (χ3v) is 3.76. The van der Waals surface area contributed by atoms with Gasteiger partial charge in [-0.05, 0) is 17.7 Å². The summed E-state index contributed by atoms with van der Waals surface area (Å²) in [7, 11) is 0. The predicted molar refractivity (Wildman–Crippen MR) is 78.2 cm³/mol. The van der Waals surface area contributed by atoms with Crippen molar-refractivity contribution in [1.29, 1.82) is 0 Å². The highest BCUT2D eigenvalue weighted by Gasteiger charge is 2.18. The van der Waals surface area contributed by atoms with Crippen LogP contribution in [0.2, 0.25) is 0 Å². The van der Waals surface area contributed by atoms with Gasteiger partial charge in [0.15, 0.2) is 6.04 Å². The van der Waals surface area contributed by atoms with E-state index in [1.165, 1.54) is 12.1 Å². The van der Waals surface area contributed by atoms with Gasteiger partial charge in [0, 0.05) is 6.42 Å². The Labute approximate surface area is 131 Å². The first kappa shape index (κ1) is 17.8. The van der Waals surface area contributed by atoms with E-state index in [-0.39, 0.29) is 11.5 Å². The van der Waals surface area contributed by atoms with E-state index >= 15 is 0 Å². The van der Waals surface area contributed by atoms with Crippen molar-refractivity contribution in [2.24, 2.45) is 5.16 Å². The largest absolute Gasteiger partial charge is 0.548 e. The zero-order chi connectivity index (χ0) is 16.5. The molecule has 1 atom stereocenters. The zero-order valence-electron chi connectivity index (χ0n) is 11.7. The third-order valence-electron chi connectivity index (χ3n) is 2.63. The molecule has 1 rings (SSSR count). The summed E-state index contributed by atoms with van der Waals surface area (Å²) >= 11 is 1.14. The van der Waals surface area contributed by atoms with Gasteiger partial charge >= 0.3 is 0 Å². The fraction of sp³-hybridized carbons (Fsp3) is 0.308. The predicted octanol–water partition coefficient (Wildman–Crippen LogP) is -2.07. The minimum atomic E-state index is -1.38. The number of aliphatic carboxylic acids is 1. The maximum Gasteiger partial charge on any atom is 0.279 e. The Morgan fingerprint density at radius 3 is 2.55 bits per heavy atom. The van der Waals surface area contributed by atoms with Crippen LogP contribution < -0.4 is 16.2 Å². The summed E-state index contributed by atoms with van der Waals surface area (Å²) in [5.41, 5.74) is 4.46. The molecule has 8 nitrogen and oxygen atoms in total. The number of carbonyl (C=O) groups is 2. The van der Waals surface area contributed by atoms with Crippen LogP contribution in [0.4, 0.5) is 0 Å². The number of hydrogen-bond acceptors (Lipinski definition) is 7. The van der Waals surface area contributed by atoms with Crippen molar-refractivity contribution in [3.63, 3.8) is 0 Å². The van der Waals surface area contributed by atoms with Gasteiger partial charge < -0.3 is 31.3 Å². The molecule has 6 N–H and O–H groups in total. The molecule has 0 bridgehead atoms. The lowest BCUT2D eigenvalue weighted by atomic mass is 10.1. The first-order valence-electron chi connectivity index (χ1n) is 6.34. The van der Waals surface area contributed by atoms with E-state index < -0.39 is 24.5 Å². The number of quaternary nitrogens is 1. The summed E-state index contributed by atoms with van der Waals surface area (Å²) < 4.78 is 0. The number of phenols is 1. The van der Waals surface area contributed by atoms with E-state index in [1.807, 2.05) is 0 Å². The molecule has 1 amide bonds. The molecule has 0 fully saturated rings. The monoisotopic (exact) mass is 327 g/mol. The minimum Gasteiger partial charge on any atom is -0.548 e. The summed E-state index contributed by atoms with van der Waals surface area (Å²) in [6, 6.07) is 5.73. The molecule has 0 aliphatic carbocycles. The second-order valence-electron chi connectivity index (χ2n) is 4.43. The van der Waals surface area contributed by atoms with Gasteiger partial charge in [0.1, 0.15) is 10.8 Å². The molecular weight excluding hydrogens is 310 g/mol. The van der Waals surface area contributed by atoms with Gasteiger partial charge in [0.25, 0.3) is 5.91 Å². The van der Waals surface area contributed by atoms with E-state index in [9.17, 15) is 19.8 Å². The number of rotatable bonds is 7. The lowest BCUT2D eigenvalue weighted by Crippen LogP contribution is -2.69. The number of nitrogens with one attached hydrogen (secondary N) is 1. The van der Waals surface area contributed by atoms with Crippen molar-refractivity contribution in [3.8, 4) is 5.75 Å². The van der Waals surface area contributed by atoms with Gasteiger partial charge in [-0.3, -0.25) is 4.79 Å². The Morgan fingerprint density at radius 1 is 1.36 bits per heavy atom. The smallest absolute Gasteiger partial charge is 0.279 e. The number of aromatic hydroxyl groups is 1. The molecule has 0 aliphatic heterocycles. The fourth-order valence-electron chi connectivity index (χ4n) is 1.48. The molecule has 0 aromatic heterocycles. The normalized spacial score (nSPS) is 12.7. The summed E-state index contributed by atoms with van der Waals surface area (Å²) in [4.78, 5) is 21.8. The average molecular weight is 327 g/mol. The number of oxime groups is 1.